The molecular formula is C51H97NO9. The Morgan fingerprint density at radius 1 is 0.377 bits per heavy atom. The molecule has 0 N–H and O–H groups in total. The Bertz CT molecular complexity index is 966. The number of esters is 3. The van der Waals surface area contributed by atoms with E-state index in [1.807, 2.05) is 0 Å². The lowest BCUT2D eigenvalue weighted by atomic mass is 10.0. The van der Waals surface area contributed by atoms with Crippen LogP contribution in [0.15, 0.2) is 0 Å². The van der Waals surface area contributed by atoms with Crippen molar-refractivity contribution in [2.45, 2.75) is 265 Å². The van der Waals surface area contributed by atoms with Gasteiger partial charge in [-0.2, -0.15) is 0 Å². The zero-order chi connectivity index (χ0) is 44.9. The molecule has 0 aliphatic rings. The van der Waals surface area contributed by atoms with Crippen LogP contribution < -0.4 is 0 Å². The molecule has 0 amide bonds. The fourth-order valence-corrected chi connectivity index (χ4v) is 7.59. The Hall–Kier alpha value is -2.36. The molecule has 360 valence electrons. The highest BCUT2D eigenvalue weighted by Gasteiger charge is 2.22. The maximum Gasteiger partial charge on any atom is 0.508 e. The summed E-state index contributed by atoms with van der Waals surface area (Å²) in [4.78, 5) is 53.6. The molecule has 0 fully saturated rings. The molecule has 1 unspecified atom stereocenters. The molecule has 0 aromatic heterocycles. The Kier molecular flexibility index (Phi) is 43.9. The summed E-state index contributed by atoms with van der Waals surface area (Å²) in [7, 11) is 0. The molecule has 0 radical (unpaired) electrons. The quantitative estimate of drug-likeness (QED) is 0.0332. The largest absolute Gasteiger partial charge is 0.508 e. The van der Waals surface area contributed by atoms with E-state index in [-0.39, 0.29) is 44.6 Å². The van der Waals surface area contributed by atoms with Crippen molar-refractivity contribution in [1.29, 1.82) is 0 Å². The van der Waals surface area contributed by atoms with E-state index in [2.05, 4.69) is 39.5 Å². The highest BCUT2D eigenvalue weighted by molar-refractivity contribution is 5.71. The Labute approximate surface area is 375 Å². The molecule has 0 saturated carbocycles. The highest BCUT2D eigenvalue weighted by atomic mass is 16.7. The molecule has 0 aromatic rings. The third kappa shape index (κ3) is 41.4. The maximum atomic E-state index is 13.2. The van der Waals surface area contributed by atoms with Crippen LogP contribution in [-0.2, 0) is 38.1 Å². The molecule has 0 saturated heterocycles. The fourth-order valence-electron chi connectivity index (χ4n) is 7.59. The summed E-state index contributed by atoms with van der Waals surface area (Å²) in [6, 6.07) is 0. The predicted molar refractivity (Wildman–Crippen MR) is 250 cm³/mol. The van der Waals surface area contributed by atoms with Crippen molar-refractivity contribution in [1.82, 2.24) is 4.90 Å². The van der Waals surface area contributed by atoms with Crippen molar-refractivity contribution < 1.29 is 42.9 Å². The summed E-state index contributed by atoms with van der Waals surface area (Å²) in [5, 5.41) is 0. The molecule has 0 heterocycles. The minimum atomic E-state index is -0.913. The number of ether oxygens (including phenoxy) is 5. The number of nitrogens with zero attached hydrogens (tertiary/aromatic N) is 1. The van der Waals surface area contributed by atoms with Crippen molar-refractivity contribution >= 4 is 24.1 Å². The van der Waals surface area contributed by atoms with E-state index in [1.165, 1.54) is 122 Å². The lowest BCUT2D eigenvalue weighted by Crippen LogP contribution is -2.31. The smallest absolute Gasteiger partial charge is 0.462 e. The first-order valence-electron chi connectivity index (χ1n) is 25.9. The molecule has 10 heteroatoms. The zero-order valence-electron chi connectivity index (χ0n) is 40.6. The van der Waals surface area contributed by atoms with E-state index in [0.717, 1.165) is 83.8 Å². The number of hydrogen-bond acceptors (Lipinski definition) is 10. The van der Waals surface area contributed by atoms with Crippen LogP contribution in [0.25, 0.3) is 0 Å². The van der Waals surface area contributed by atoms with Crippen molar-refractivity contribution in [2.24, 2.45) is 0 Å². The monoisotopic (exact) mass is 868 g/mol. The average molecular weight is 868 g/mol. The number of carbonyl (C=O) groups is 4. The molecular weight excluding hydrogens is 771 g/mol. The molecule has 0 spiro atoms. The molecule has 0 rings (SSSR count). The first-order valence-corrected chi connectivity index (χ1v) is 25.9. The van der Waals surface area contributed by atoms with Gasteiger partial charge in [-0.1, -0.05) is 195 Å². The van der Waals surface area contributed by atoms with Gasteiger partial charge in [-0.25, -0.2) is 4.79 Å². The third-order valence-corrected chi connectivity index (χ3v) is 11.7. The van der Waals surface area contributed by atoms with Crippen LogP contribution in [0.3, 0.4) is 0 Å². The molecule has 0 aliphatic carbocycles. The van der Waals surface area contributed by atoms with Crippen molar-refractivity contribution in [3.8, 4) is 0 Å². The molecule has 0 aromatic carbocycles. The van der Waals surface area contributed by atoms with E-state index in [9.17, 15) is 19.2 Å². The predicted octanol–water partition coefficient (Wildman–Crippen LogP) is 14.2. The lowest BCUT2D eigenvalue weighted by Gasteiger charge is -2.20. The van der Waals surface area contributed by atoms with Crippen LogP contribution in [0.4, 0.5) is 4.79 Å². The molecule has 1 atom stereocenters. The number of hydrogen-bond donors (Lipinski definition) is 0. The maximum absolute atomic E-state index is 13.2. The van der Waals surface area contributed by atoms with Crippen LogP contribution >= 0.6 is 0 Å². The number of unbranched alkanes of at least 4 members (excludes halogenated alkanes) is 25. The minimum absolute atomic E-state index is 0.00689. The van der Waals surface area contributed by atoms with Gasteiger partial charge < -0.3 is 28.6 Å². The topological polar surface area (TPSA) is 118 Å². The standard InChI is InChI=1S/C51H97NO9/c1-6-11-14-17-20-23-26-27-30-33-37-46(61-51(56)57-43-36-42-52(9-4)10-5)40-41-50(55)60-47(44-58-48(53)38-34-31-28-24-21-18-15-12-7-2)45-59-49(54)39-35-32-29-25-22-19-16-13-8-3/h46-47H,6-45H2,1-5H3. The summed E-state index contributed by atoms with van der Waals surface area (Å²) < 4.78 is 28.0. The molecule has 61 heavy (non-hydrogen) atoms. The summed E-state index contributed by atoms with van der Waals surface area (Å²) in [5.41, 5.74) is 0. The normalized spacial score (nSPS) is 11.9. The van der Waals surface area contributed by atoms with Crippen LogP contribution in [0.2, 0.25) is 0 Å². The van der Waals surface area contributed by atoms with Gasteiger partial charge in [0, 0.05) is 25.8 Å². The second-order valence-corrected chi connectivity index (χ2v) is 17.4. The third-order valence-electron chi connectivity index (χ3n) is 11.7. The van der Waals surface area contributed by atoms with Gasteiger partial charge in [0.05, 0.1) is 6.61 Å². The molecule has 0 aliphatic heterocycles. The SMILES string of the molecule is CCCCCCCCCCCCC(CCC(=O)OC(COC(=O)CCCCCCCCCCC)COC(=O)CCCCCCCCCCC)OC(=O)OCCCN(CC)CC. The second-order valence-electron chi connectivity index (χ2n) is 17.4. The second kappa shape index (κ2) is 45.7. The van der Waals surface area contributed by atoms with Gasteiger partial charge in [0.15, 0.2) is 6.10 Å². The van der Waals surface area contributed by atoms with Crippen molar-refractivity contribution in [3.05, 3.63) is 0 Å². The van der Waals surface area contributed by atoms with Gasteiger partial charge in [0.1, 0.15) is 19.3 Å². The van der Waals surface area contributed by atoms with Gasteiger partial charge in [0.2, 0.25) is 0 Å². The van der Waals surface area contributed by atoms with Gasteiger partial charge >= 0.3 is 24.1 Å². The Morgan fingerprint density at radius 3 is 1.18 bits per heavy atom. The van der Waals surface area contributed by atoms with E-state index < -0.39 is 24.3 Å². The first kappa shape index (κ1) is 58.6. The number of rotatable bonds is 46. The summed E-state index contributed by atoms with van der Waals surface area (Å²) in [6.07, 6.45) is 32.9. The van der Waals surface area contributed by atoms with Crippen LogP contribution in [0.5, 0.6) is 0 Å². The zero-order valence-corrected chi connectivity index (χ0v) is 40.6. The van der Waals surface area contributed by atoms with Crippen LogP contribution in [0.1, 0.15) is 253 Å². The van der Waals surface area contributed by atoms with Crippen LogP contribution in [-0.4, -0.2) is 80.6 Å². The summed E-state index contributed by atoms with van der Waals surface area (Å²) in [6.45, 7) is 13.6. The fraction of sp³-hybridized carbons (Fsp3) is 0.922. The average Bonchev–Trinajstić information content (AvgIpc) is 3.25. The highest BCUT2D eigenvalue weighted by Crippen LogP contribution is 2.18. The summed E-state index contributed by atoms with van der Waals surface area (Å²) >= 11 is 0. The Morgan fingerprint density at radius 2 is 0.770 bits per heavy atom. The van der Waals surface area contributed by atoms with E-state index >= 15 is 0 Å². The van der Waals surface area contributed by atoms with Gasteiger partial charge in [-0.05, 0) is 51.6 Å². The van der Waals surface area contributed by atoms with Crippen LogP contribution in [0, 0.1) is 0 Å². The van der Waals surface area contributed by atoms with E-state index in [0.29, 0.717) is 19.3 Å². The van der Waals surface area contributed by atoms with E-state index in [4.69, 9.17) is 23.7 Å². The lowest BCUT2D eigenvalue weighted by molar-refractivity contribution is -0.167. The number of carbonyl (C=O) groups excluding carboxylic acids is 4. The van der Waals surface area contributed by atoms with Gasteiger partial charge in [-0.15, -0.1) is 0 Å². The molecule has 0 bridgehead atoms. The Balaban J connectivity index is 5.13. The van der Waals surface area contributed by atoms with E-state index in [1.54, 1.807) is 0 Å². The summed E-state index contributed by atoms with van der Waals surface area (Å²) in [5.74, 6) is -1.20. The van der Waals surface area contributed by atoms with Crippen molar-refractivity contribution in [3.63, 3.8) is 0 Å². The first-order chi connectivity index (χ1) is 29.8. The minimum Gasteiger partial charge on any atom is -0.462 e. The molecule has 10 nitrogen and oxygen atoms in total. The van der Waals surface area contributed by atoms with Gasteiger partial charge in [0.25, 0.3) is 0 Å². The van der Waals surface area contributed by atoms with Crippen molar-refractivity contribution in [2.75, 3.05) is 39.5 Å². The van der Waals surface area contributed by atoms with Gasteiger partial charge in [-0.3, -0.25) is 14.4 Å².